The fraction of sp³-hybridized carbons (Fsp3) is 0. The molecular weight excluding hydrogens is 717 g/mol. The van der Waals surface area contributed by atoms with E-state index in [1.54, 1.807) is 0 Å². The van der Waals surface area contributed by atoms with Gasteiger partial charge in [0.15, 0.2) is 17.5 Å². The first-order valence-corrected chi connectivity index (χ1v) is 19.8. The Morgan fingerprint density at radius 1 is 0.351 bits per heavy atom. The van der Waals surface area contributed by atoms with Gasteiger partial charge in [0, 0.05) is 64.1 Å². The Morgan fingerprint density at radius 3 is 1.75 bits per heavy atom. The smallest absolute Gasteiger partial charge is 0.164 e. The van der Waals surface area contributed by atoms with Crippen LogP contribution >= 0.6 is 11.3 Å². The SMILES string of the molecule is c1ccc(-c2nc(-c3ccc4c(c3)oc3ccc(-c5ccc6sc7ccccc7c6c5)cc34)nc(-c3ccc4c(c3)c3ccccc3n4-c3ccccc3)n2)cc1. The Bertz CT molecular complexity index is 3530. The summed E-state index contributed by atoms with van der Waals surface area (Å²) < 4.78 is 11.4. The Balaban J connectivity index is 0.980. The van der Waals surface area contributed by atoms with Crippen LogP contribution in [-0.2, 0) is 0 Å². The molecular formula is C51H30N4OS. The number of furan rings is 1. The molecule has 0 saturated heterocycles. The Labute approximate surface area is 330 Å². The zero-order valence-corrected chi connectivity index (χ0v) is 31.2. The summed E-state index contributed by atoms with van der Waals surface area (Å²) in [4.78, 5) is 15.2. The van der Waals surface area contributed by atoms with Gasteiger partial charge in [-0.1, -0.05) is 103 Å². The summed E-state index contributed by atoms with van der Waals surface area (Å²) in [7, 11) is 0. The molecule has 57 heavy (non-hydrogen) atoms. The van der Waals surface area contributed by atoms with E-state index in [0.717, 1.165) is 66.3 Å². The minimum Gasteiger partial charge on any atom is -0.456 e. The van der Waals surface area contributed by atoms with E-state index in [4.69, 9.17) is 19.4 Å². The monoisotopic (exact) mass is 746 g/mol. The van der Waals surface area contributed by atoms with Crippen molar-refractivity contribution in [1.82, 2.24) is 19.5 Å². The average molecular weight is 747 g/mol. The highest BCUT2D eigenvalue weighted by Gasteiger charge is 2.18. The molecule has 12 aromatic rings. The molecule has 0 atom stereocenters. The maximum absolute atomic E-state index is 6.51. The van der Waals surface area contributed by atoms with Gasteiger partial charge in [-0.15, -0.1) is 11.3 Å². The predicted molar refractivity (Wildman–Crippen MR) is 236 cm³/mol. The number of hydrogen-bond donors (Lipinski definition) is 0. The standard InChI is InChI=1S/C51H30N4OS/c1-3-11-31(12-4-1)49-52-50(34-20-24-44-40(29-34)37-15-7-9-17-43(37)55(44)36-13-5-2-6-14-36)54-51(53-49)35-19-23-38-41-27-32(21-25-45(41)56-46(38)30-35)33-22-26-48-42(28-33)39-16-8-10-18-47(39)57-48/h1-30H. The minimum atomic E-state index is 0.588. The van der Waals surface area contributed by atoms with Crippen molar-refractivity contribution in [3.05, 3.63) is 182 Å². The van der Waals surface area contributed by atoms with E-state index in [2.05, 4.69) is 156 Å². The van der Waals surface area contributed by atoms with E-state index in [0.29, 0.717) is 17.5 Å². The van der Waals surface area contributed by atoms with Crippen LogP contribution in [0, 0.1) is 0 Å². The van der Waals surface area contributed by atoms with Gasteiger partial charge in [0.05, 0.1) is 11.0 Å². The van der Waals surface area contributed by atoms with Crippen molar-refractivity contribution >= 4 is 75.3 Å². The number of fused-ring (bicyclic) bond motifs is 9. The van der Waals surface area contributed by atoms with E-state index in [1.807, 2.05) is 41.7 Å². The van der Waals surface area contributed by atoms with Crippen LogP contribution in [-0.4, -0.2) is 19.5 Å². The van der Waals surface area contributed by atoms with Crippen LogP contribution in [0.1, 0.15) is 0 Å². The summed E-state index contributed by atoms with van der Waals surface area (Å²) in [6.45, 7) is 0. The number of thiophene rings is 1. The van der Waals surface area contributed by atoms with Crippen molar-refractivity contribution in [1.29, 1.82) is 0 Å². The zero-order chi connectivity index (χ0) is 37.5. The molecule has 4 aromatic heterocycles. The van der Waals surface area contributed by atoms with Gasteiger partial charge in [0.25, 0.3) is 0 Å². The molecule has 12 rings (SSSR count). The first kappa shape index (κ1) is 31.9. The van der Waals surface area contributed by atoms with Crippen molar-refractivity contribution in [3.63, 3.8) is 0 Å². The highest BCUT2D eigenvalue weighted by atomic mass is 32.1. The minimum absolute atomic E-state index is 0.588. The normalized spacial score (nSPS) is 11.9. The van der Waals surface area contributed by atoms with Crippen LogP contribution < -0.4 is 0 Å². The molecule has 0 aliphatic heterocycles. The Hall–Kier alpha value is -7.41. The molecule has 0 aliphatic carbocycles. The molecule has 8 aromatic carbocycles. The third-order valence-corrected chi connectivity index (χ3v) is 12.2. The fourth-order valence-electron chi connectivity index (χ4n) is 8.32. The Morgan fingerprint density at radius 2 is 0.930 bits per heavy atom. The maximum Gasteiger partial charge on any atom is 0.164 e. The fourth-order valence-corrected chi connectivity index (χ4v) is 9.41. The number of aromatic nitrogens is 4. The van der Waals surface area contributed by atoms with Crippen molar-refractivity contribution in [2.24, 2.45) is 0 Å². The summed E-state index contributed by atoms with van der Waals surface area (Å²) in [5.41, 5.74) is 10.1. The van der Waals surface area contributed by atoms with Gasteiger partial charge in [-0.2, -0.15) is 0 Å². The van der Waals surface area contributed by atoms with Crippen molar-refractivity contribution in [2.45, 2.75) is 0 Å². The number of hydrogen-bond acceptors (Lipinski definition) is 5. The molecule has 4 heterocycles. The highest BCUT2D eigenvalue weighted by molar-refractivity contribution is 7.25. The van der Waals surface area contributed by atoms with E-state index >= 15 is 0 Å². The first-order valence-electron chi connectivity index (χ1n) is 19.0. The molecule has 0 spiro atoms. The van der Waals surface area contributed by atoms with Gasteiger partial charge in [-0.25, -0.2) is 15.0 Å². The molecule has 0 unspecified atom stereocenters. The molecule has 0 bridgehead atoms. The molecule has 0 N–H and O–H groups in total. The summed E-state index contributed by atoms with van der Waals surface area (Å²) in [5.74, 6) is 1.82. The summed E-state index contributed by atoms with van der Waals surface area (Å²) in [6, 6.07) is 63.9. The average Bonchev–Trinajstić information content (AvgIpc) is 3.95. The van der Waals surface area contributed by atoms with Crippen LogP contribution in [0.3, 0.4) is 0 Å². The van der Waals surface area contributed by atoms with Crippen LogP contribution in [0.4, 0.5) is 0 Å². The summed E-state index contributed by atoms with van der Waals surface area (Å²) >= 11 is 1.84. The number of benzene rings is 8. The zero-order valence-electron chi connectivity index (χ0n) is 30.4. The van der Waals surface area contributed by atoms with Crippen LogP contribution in [0.2, 0.25) is 0 Å². The third-order valence-electron chi connectivity index (χ3n) is 11.1. The largest absolute Gasteiger partial charge is 0.456 e. The van der Waals surface area contributed by atoms with Crippen molar-refractivity contribution in [2.75, 3.05) is 0 Å². The topological polar surface area (TPSA) is 56.7 Å². The lowest BCUT2D eigenvalue weighted by Gasteiger charge is -2.10. The molecule has 0 saturated carbocycles. The molecule has 5 nitrogen and oxygen atoms in total. The van der Waals surface area contributed by atoms with E-state index in [9.17, 15) is 0 Å². The van der Waals surface area contributed by atoms with Gasteiger partial charge in [-0.3, -0.25) is 0 Å². The van der Waals surface area contributed by atoms with Gasteiger partial charge in [0.1, 0.15) is 11.2 Å². The number of nitrogens with zero attached hydrogens (tertiary/aromatic N) is 4. The van der Waals surface area contributed by atoms with Crippen molar-refractivity contribution < 1.29 is 4.42 Å². The predicted octanol–water partition coefficient (Wildman–Crippen LogP) is 13.9. The molecule has 266 valence electrons. The maximum atomic E-state index is 6.51. The lowest BCUT2D eigenvalue weighted by atomic mass is 10.0. The Kier molecular flexibility index (Phi) is 7.03. The van der Waals surface area contributed by atoms with Gasteiger partial charge in [0.2, 0.25) is 0 Å². The first-order chi connectivity index (χ1) is 28.2. The second-order valence-electron chi connectivity index (χ2n) is 14.4. The van der Waals surface area contributed by atoms with Gasteiger partial charge >= 0.3 is 0 Å². The molecule has 6 heteroatoms. The second kappa shape index (κ2) is 12.6. The van der Waals surface area contributed by atoms with Gasteiger partial charge in [-0.05, 0) is 90.0 Å². The summed E-state index contributed by atoms with van der Waals surface area (Å²) in [6.07, 6.45) is 0. The summed E-state index contributed by atoms with van der Waals surface area (Å²) in [5, 5.41) is 7.04. The molecule has 0 aliphatic rings. The second-order valence-corrected chi connectivity index (χ2v) is 15.5. The van der Waals surface area contributed by atoms with E-state index < -0.39 is 0 Å². The molecule has 0 fully saturated rings. The third kappa shape index (κ3) is 5.19. The van der Waals surface area contributed by atoms with Crippen LogP contribution in [0.15, 0.2) is 186 Å². The van der Waals surface area contributed by atoms with Gasteiger partial charge < -0.3 is 8.98 Å². The van der Waals surface area contributed by atoms with Crippen molar-refractivity contribution in [3.8, 4) is 51.0 Å². The molecule has 0 amide bonds. The van der Waals surface area contributed by atoms with Crippen LogP contribution in [0.25, 0.3) is 115 Å². The number of rotatable bonds is 5. The molecule has 0 radical (unpaired) electrons. The number of para-hydroxylation sites is 2. The quantitative estimate of drug-likeness (QED) is 0.176. The lowest BCUT2D eigenvalue weighted by Crippen LogP contribution is -2.00. The van der Waals surface area contributed by atoms with E-state index in [-0.39, 0.29) is 0 Å². The van der Waals surface area contributed by atoms with E-state index in [1.165, 1.54) is 31.1 Å². The lowest BCUT2D eigenvalue weighted by molar-refractivity contribution is 0.669. The highest BCUT2D eigenvalue weighted by Crippen LogP contribution is 2.39. The van der Waals surface area contributed by atoms with Crippen LogP contribution in [0.5, 0.6) is 0 Å².